The highest BCUT2D eigenvalue weighted by Gasteiger charge is 2.30. The Morgan fingerprint density at radius 2 is 1.47 bits per heavy atom. The molecule has 0 heterocycles. The molecule has 0 bridgehead atoms. The van der Waals surface area contributed by atoms with E-state index in [1.54, 1.807) is 19.9 Å². The first-order valence-electron chi connectivity index (χ1n) is 17.0. The molecular weight excluding hydrogens is 616 g/mol. The molecule has 3 N–H and O–H groups in total. The van der Waals surface area contributed by atoms with Crippen LogP contribution in [0, 0.1) is 11.8 Å². The number of ether oxygens (including phenoxy) is 2. The molecule has 262 valence electrons. The summed E-state index contributed by atoms with van der Waals surface area (Å²) in [6.07, 6.45) is 6.95. The fourth-order valence-corrected chi connectivity index (χ4v) is 5.45. The summed E-state index contributed by atoms with van der Waals surface area (Å²) >= 11 is 0. The summed E-state index contributed by atoms with van der Waals surface area (Å²) in [4.78, 5) is 39.6. The second-order valence-electron chi connectivity index (χ2n) is 13.1. The fourth-order valence-electron chi connectivity index (χ4n) is 5.45. The summed E-state index contributed by atoms with van der Waals surface area (Å²) < 4.78 is 11.6. The first-order valence-corrected chi connectivity index (χ1v) is 17.0. The van der Waals surface area contributed by atoms with Crippen molar-refractivity contribution < 1.29 is 29.0 Å². The molecule has 8 nitrogen and oxygen atoms in total. The summed E-state index contributed by atoms with van der Waals surface area (Å²) in [6.45, 7) is 11.3. The van der Waals surface area contributed by atoms with Crippen LogP contribution >= 0.6 is 0 Å². The molecular formula is C41H52N2O6. The molecule has 0 aliphatic carbocycles. The number of allylic oxidation sites excluding steroid dienone is 2. The van der Waals surface area contributed by atoms with E-state index in [1.807, 2.05) is 91.0 Å². The maximum atomic E-state index is 13.4. The summed E-state index contributed by atoms with van der Waals surface area (Å²) in [6, 6.07) is 26.7. The van der Waals surface area contributed by atoms with Gasteiger partial charge in [0.1, 0.15) is 19.0 Å². The van der Waals surface area contributed by atoms with Gasteiger partial charge in [-0.25, -0.2) is 0 Å². The maximum Gasteiger partial charge on any atom is 0.309 e. The van der Waals surface area contributed by atoms with Gasteiger partial charge in [-0.3, -0.25) is 14.4 Å². The highest BCUT2D eigenvalue weighted by Crippen LogP contribution is 2.20. The van der Waals surface area contributed by atoms with Gasteiger partial charge in [-0.05, 0) is 81.2 Å². The van der Waals surface area contributed by atoms with Gasteiger partial charge >= 0.3 is 5.97 Å². The molecule has 0 aromatic heterocycles. The Bertz CT molecular complexity index is 1460. The topological polar surface area (TPSA) is 114 Å². The van der Waals surface area contributed by atoms with Crippen molar-refractivity contribution in [2.24, 2.45) is 11.8 Å². The number of benzene rings is 3. The Kier molecular flexibility index (Phi) is 16.3. The minimum Gasteiger partial charge on any atom is -0.489 e. The van der Waals surface area contributed by atoms with Crippen LogP contribution in [-0.2, 0) is 38.6 Å². The Hall–Kier alpha value is -4.69. The lowest BCUT2D eigenvalue weighted by Gasteiger charge is -2.29. The standard InChI is InChI=1S/C41H52N2O6/c1-5-7-10-20-35(25-31-16-11-8-12-17-31)40(47)49-30-41(3,4)43-39(46)34(15-6-2)27-38(45)42-36(28-44)26-32-21-23-37(24-22-32)48-29-33-18-13-9-14-19-33/h5-6,8-9,11-14,16-19,21-24,34-36,44H,1-2,7,10,15,20,25-30H2,3-4H3,(H,42,45)(H,43,46). The normalized spacial score (nSPS) is 13.0. The van der Waals surface area contributed by atoms with E-state index >= 15 is 0 Å². The van der Waals surface area contributed by atoms with Gasteiger partial charge in [-0.15, -0.1) is 13.2 Å². The van der Waals surface area contributed by atoms with E-state index in [4.69, 9.17) is 9.47 Å². The number of esters is 1. The number of hydrogen-bond acceptors (Lipinski definition) is 6. The van der Waals surface area contributed by atoms with Gasteiger partial charge in [0.2, 0.25) is 11.8 Å². The predicted molar refractivity (Wildman–Crippen MR) is 194 cm³/mol. The van der Waals surface area contributed by atoms with Gasteiger partial charge in [0.15, 0.2) is 0 Å². The van der Waals surface area contributed by atoms with Gasteiger partial charge in [-0.1, -0.05) is 84.9 Å². The van der Waals surface area contributed by atoms with Crippen LogP contribution in [0.1, 0.15) is 62.6 Å². The van der Waals surface area contributed by atoms with Crippen molar-refractivity contribution in [1.29, 1.82) is 0 Å². The second kappa shape index (κ2) is 20.6. The molecule has 0 fully saturated rings. The molecule has 2 amide bonds. The third-order valence-electron chi connectivity index (χ3n) is 8.15. The molecule has 0 saturated carbocycles. The second-order valence-corrected chi connectivity index (χ2v) is 13.1. The van der Waals surface area contributed by atoms with Crippen LogP contribution in [-0.4, -0.2) is 47.7 Å². The highest BCUT2D eigenvalue weighted by molar-refractivity contribution is 5.86. The smallest absolute Gasteiger partial charge is 0.309 e. The third kappa shape index (κ3) is 14.5. The monoisotopic (exact) mass is 668 g/mol. The van der Waals surface area contributed by atoms with Crippen molar-refractivity contribution in [2.45, 2.75) is 77.0 Å². The highest BCUT2D eigenvalue weighted by atomic mass is 16.5. The molecule has 3 aromatic rings. The number of nitrogens with one attached hydrogen (secondary N) is 2. The van der Waals surface area contributed by atoms with Crippen molar-refractivity contribution in [3.8, 4) is 5.75 Å². The van der Waals surface area contributed by atoms with Crippen LogP contribution in [0.3, 0.4) is 0 Å². The maximum absolute atomic E-state index is 13.4. The van der Waals surface area contributed by atoms with Gasteiger partial charge in [0, 0.05) is 6.42 Å². The molecule has 3 atom stereocenters. The number of aliphatic hydroxyl groups is 1. The van der Waals surface area contributed by atoms with Crippen molar-refractivity contribution >= 4 is 17.8 Å². The van der Waals surface area contributed by atoms with Crippen LogP contribution in [0.15, 0.2) is 110 Å². The molecule has 49 heavy (non-hydrogen) atoms. The molecule has 0 aliphatic heterocycles. The van der Waals surface area contributed by atoms with Crippen molar-refractivity contribution in [3.05, 3.63) is 127 Å². The van der Waals surface area contributed by atoms with Crippen LogP contribution in [0.5, 0.6) is 5.75 Å². The number of hydrogen-bond donors (Lipinski definition) is 3. The Morgan fingerprint density at radius 1 is 0.837 bits per heavy atom. The summed E-state index contributed by atoms with van der Waals surface area (Å²) in [5.41, 5.74) is 2.19. The molecule has 0 aliphatic rings. The zero-order valence-electron chi connectivity index (χ0n) is 28.9. The number of rotatable bonds is 22. The molecule has 0 radical (unpaired) electrons. The number of unbranched alkanes of at least 4 members (excludes halogenated alkanes) is 1. The van der Waals surface area contributed by atoms with E-state index in [9.17, 15) is 19.5 Å². The fraction of sp³-hybridized carbons (Fsp3) is 0.390. The molecule has 8 heteroatoms. The summed E-state index contributed by atoms with van der Waals surface area (Å²) in [5, 5.41) is 15.8. The van der Waals surface area contributed by atoms with E-state index in [0.717, 1.165) is 35.3 Å². The van der Waals surface area contributed by atoms with E-state index in [-0.39, 0.29) is 49.8 Å². The van der Waals surface area contributed by atoms with Gasteiger partial charge in [0.05, 0.1) is 30.0 Å². The molecule has 0 spiro atoms. The largest absolute Gasteiger partial charge is 0.489 e. The van der Waals surface area contributed by atoms with Crippen LogP contribution < -0.4 is 15.4 Å². The number of carbonyl (C=O) groups is 3. The van der Waals surface area contributed by atoms with Crippen molar-refractivity contribution in [2.75, 3.05) is 13.2 Å². The quantitative estimate of drug-likeness (QED) is 0.0639. The lowest BCUT2D eigenvalue weighted by atomic mass is 9.94. The van der Waals surface area contributed by atoms with Crippen LogP contribution in [0.2, 0.25) is 0 Å². The number of amides is 2. The summed E-state index contributed by atoms with van der Waals surface area (Å²) in [5.74, 6) is -1.26. The number of carbonyl (C=O) groups excluding carboxylic acids is 3. The molecule has 3 aromatic carbocycles. The third-order valence-corrected chi connectivity index (χ3v) is 8.15. The Balaban J connectivity index is 1.50. The first-order chi connectivity index (χ1) is 23.6. The van der Waals surface area contributed by atoms with Gasteiger partial charge in [-0.2, -0.15) is 0 Å². The summed E-state index contributed by atoms with van der Waals surface area (Å²) in [7, 11) is 0. The van der Waals surface area contributed by atoms with Crippen molar-refractivity contribution in [3.63, 3.8) is 0 Å². The van der Waals surface area contributed by atoms with Crippen LogP contribution in [0.25, 0.3) is 0 Å². The average Bonchev–Trinajstić information content (AvgIpc) is 3.10. The minimum absolute atomic E-state index is 0.0139. The van der Waals surface area contributed by atoms with Gasteiger partial charge < -0.3 is 25.2 Å². The molecule has 3 rings (SSSR count). The van der Waals surface area contributed by atoms with Gasteiger partial charge in [0.25, 0.3) is 0 Å². The Morgan fingerprint density at radius 3 is 2.08 bits per heavy atom. The zero-order valence-corrected chi connectivity index (χ0v) is 28.9. The average molecular weight is 669 g/mol. The molecule has 0 saturated heterocycles. The van der Waals surface area contributed by atoms with E-state index < -0.39 is 17.5 Å². The lowest BCUT2D eigenvalue weighted by molar-refractivity contribution is -0.151. The lowest BCUT2D eigenvalue weighted by Crippen LogP contribution is -2.50. The van der Waals surface area contributed by atoms with E-state index in [1.165, 1.54) is 0 Å². The molecule has 3 unspecified atom stereocenters. The predicted octanol–water partition coefficient (Wildman–Crippen LogP) is 6.52. The zero-order chi connectivity index (χ0) is 35.5. The number of aliphatic hydroxyl groups excluding tert-OH is 1. The minimum atomic E-state index is -0.869. The van der Waals surface area contributed by atoms with E-state index in [2.05, 4.69) is 23.8 Å². The SMILES string of the molecule is C=CCCCC(Cc1ccccc1)C(=O)OCC(C)(C)NC(=O)C(CC=C)CC(=O)NC(CO)Cc1ccc(OCc2ccccc2)cc1. The van der Waals surface area contributed by atoms with E-state index in [0.29, 0.717) is 25.9 Å². The van der Waals surface area contributed by atoms with Crippen LogP contribution in [0.4, 0.5) is 0 Å². The Labute approximate surface area is 291 Å². The first kappa shape index (κ1) is 38.8. The van der Waals surface area contributed by atoms with Crippen molar-refractivity contribution in [1.82, 2.24) is 10.6 Å².